The van der Waals surface area contributed by atoms with E-state index >= 15 is 0 Å². The van der Waals surface area contributed by atoms with E-state index in [1.54, 1.807) is 18.2 Å². The number of amides is 1. The standard InChI is InChI=1S/C18H14ClFN2O4S/c1-9(17(24)25)22-12-6-7-13(26-2)14(20)15(12)27-18(22)21-16(23)10-4-3-5-11(19)8-10/h3-9H,1-2H3,(H,24,25). The van der Waals surface area contributed by atoms with Crippen molar-refractivity contribution in [1.82, 2.24) is 4.57 Å². The highest BCUT2D eigenvalue weighted by Crippen LogP contribution is 2.30. The van der Waals surface area contributed by atoms with Crippen LogP contribution >= 0.6 is 22.9 Å². The SMILES string of the molecule is COc1ccc2c(sc(=NC(=O)c3cccc(Cl)c3)n2C(C)C(=O)O)c1F. The number of benzene rings is 2. The summed E-state index contributed by atoms with van der Waals surface area (Å²) in [6, 6.07) is 8.10. The maximum atomic E-state index is 14.6. The molecule has 3 aromatic rings. The highest BCUT2D eigenvalue weighted by Gasteiger charge is 2.22. The number of carboxylic acids is 1. The molecule has 1 N–H and O–H groups in total. The van der Waals surface area contributed by atoms with E-state index < -0.39 is 23.7 Å². The first-order valence-electron chi connectivity index (χ1n) is 7.78. The van der Waals surface area contributed by atoms with Crippen LogP contribution < -0.4 is 9.54 Å². The van der Waals surface area contributed by atoms with Crippen molar-refractivity contribution in [3.63, 3.8) is 0 Å². The zero-order valence-electron chi connectivity index (χ0n) is 14.3. The Balaban J connectivity index is 2.27. The van der Waals surface area contributed by atoms with Gasteiger partial charge in [0, 0.05) is 10.6 Å². The van der Waals surface area contributed by atoms with Gasteiger partial charge in [-0.05, 0) is 37.3 Å². The zero-order chi connectivity index (χ0) is 19.7. The van der Waals surface area contributed by atoms with Crippen LogP contribution in [0, 0.1) is 5.82 Å². The molecule has 1 amide bonds. The third kappa shape index (κ3) is 3.58. The summed E-state index contributed by atoms with van der Waals surface area (Å²) in [5, 5.41) is 9.79. The van der Waals surface area contributed by atoms with Gasteiger partial charge >= 0.3 is 5.97 Å². The molecule has 1 heterocycles. The first-order chi connectivity index (χ1) is 12.8. The van der Waals surface area contributed by atoms with Gasteiger partial charge in [0.15, 0.2) is 16.4 Å². The van der Waals surface area contributed by atoms with E-state index in [-0.39, 0.29) is 20.8 Å². The molecule has 9 heteroatoms. The second kappa shape index (κ2) is 7.50. The quantitative estimate of drug-likeness (QED) is 0.710. The van der Waals surface area contributed by atoms with Gasteiger partial charge in [-0.15, -0.1) is 0 Å². The van der Waals surface area contributed by atoms with Crippen molar-refractivity contribution in [2.24, 2.45) is 4.99 Å². The number of carboxylic acid groups (broad SMARTS) is 1. The highest BCUT2D eigenvalue weighted by molar-refractivity contribution is 7.16. The van der Waals surface area contributed by atoms with E-state index in [0.29, 0.717) is 10.5 Å². The fourth-order valence-corrected chi connectivity index (χ4v) is 3.87. The first kappa shape index (κ1) is 19.1. The Morgan fingerprint density at radius 2 is 2.07 bits per heavy atom. The molecule has 27 heavy (non-hydrogen) atoms. The molecule has 0 fully saturated rings. The number of nitrogens with zero attached hydrogens (tertiary/aromatic N) is 2. The Labute approximate surface area is 162 Å². The monoisotopic (exact) mass is 408 g/mol. The molecular weight excluding hydrogens is 395 g/mol. The lowest BCUT2D eigenvalue weighted by molar-refractivity contribution is -0.140. The first-order valence-corrected chi connectivity index (χ1v) is 8.98. The molecule has 140 valence electrons. The lowest BCUT2D eigenvalue weighted by atomic mass is 10.2. The van der Waals surface area contributed by atoms with Crippen LogP contribution in [0.3, 0.4) is 0 Å². The average molecular weight is 409 g/mol. The maximum absolute atomic E-state index is 14.6. The molecule has 1 atom stereocenters. The summed E-state index contributed by atoms with van der Waals surface area (Å²) in [6.07, 6.45) is 0. The van der Waals surface area contributed by atoms with Crippen LogP contribution in [0.5, 0.6) is 5.75 Å². The number of aromatic nitrogens is 1. The molecule has 1 aromatic heterocycles. The lowest BCUT2D eigenvalue weighted by Crippen LogP contribution is -2.25. The summed E-state index contributed by atoms with van der Waals surface area (Å²) in [7, 11) is 1.33. The average Bonchev–Trinajstić information content (AvgIpc) is 3.00. The van der Waals surface area contributed by atoms with Crippen LogP contribution in [-0.2, 0) is 4.79 Å². The molecule has 3 rings (SSSR count). The Hall–Kier alpha value is -2.71. The number of rotatable bonds is 4. The molecule has 0 aliphatic carbocycles. The molecule has 1 unspecified atom stereocenters. The van der Waals surface area contributed by atoms with E-state index in [0.717, 1.165) is 11.3 Å². The summed E-state index contributed by atoms with van der Waals surface area (Å²) >= 11 is 6.77. The molecule has 0 radical (unpaired) electrons. The van der Waals surface area contributed by atoms with Crippen LogP contribution in [0.2, 0.25) is 5.02 Å². The minimum absolute atomic E-state index is 0.0200. The Morgan fingerprint density at radius 1 is 1.33 bits per heavy atom. The summed E-state index contributed by atoms with van der Waals surface area (Å²) < 4.78 is 21.1. The number of carbonyl (C=O) groups excluding carboxylic acids is 1. The Kier molecular flexibility index (Phi) is 5.29. The van der Waals surface area contributed by atoms with Crippen LogP contribution in [-0.4, -0.2) is 28.7 Å². The second-order valence-electron chi connectivity index (χ2n) is 5.63. The van der Waals surface area contributed by atoms with Gasteiger partial charge in [0.25, 0.3) is 5.91 Å². The molecule has 0 saturated carbocycles. The Bertz CT molecular complexity index is 1120. The molecular formula is C18H14ClFN2O4S. The largest absolute Gasteiger partial charge is 0.494 e. The maximum Gasteiger partial charge on any atom is 0.326 e. The highest BCUT2D eigenvalue weighted by atomic mass is 35.5. The van der Waals surface area contributed by atoms with Crippen molar-refractivity contribution in [2.45, 2.75) is 13.0 Å². The minimum atomic E-state index is -1.14. The zero-order valence-corrected chi connectivity index (χ0v) is 15.8. The number of methoxy groups -OCH3 is 1. The topological polar surface area (TPSA) is 80.9 Å². The third-order valence-corrected chi connectivity index (χ3v) is 5.23. The molecule has 0 saturated heterocycles. The summed E-state index contributed by atoms with van der Waals surface area (Å²) in [4.78, 5) is 28.1. The van der Waals surface area contributed by atoms with Crippen LogP contribution in [0.1, 0.15) is 23.3 Å². The van der Waals surface area contributed by atoms with Gasteiger partial charge in [-0.1, -0.05) is 29.0 Å². The predicted molar refractivity (Wildman–Crippen MR) is 100 cm³/mol. The molecule has 0 aliphatic heterocycles. The predicted octanol–water partition coefficient (Wildman–Crippen LogP) is 3.89. The number of halogens is 2. The molecule has 6 nitrogen and oxygen atoms in total. The van der Waals surface area contributed by atoms with Gasteiger partial charge in [-0.25, -0.2) is 9.18 Å². The van der Waals surface area contributed by atoms with Gasteiger partial charge in [0.2, 0.25) is 0 Å². The van der Waals surface area contributed by atoms with Crippen LogP contribution in [0.15, 0.2) is 41.4 Å². The molecule has 2 aromatic carbocycles. The number of hydrogen-bond donors (Lipinski definition) is 1. The number of carbonyl (C=O) groups is 2. The summed E-state index contributed by atoms with van der Waals surface area (Å²) in [5.41, 5.74) is 0.554. The number of thiazole rings is 1. The number of aliphatic carboxylic acids is 1. The van der Waals surface area contributed by atoms with E-state index in [2.05, 4.69) is 4.99 Å². The van der Waals surface area contributed by atoms with Gasteiger partial charge in [-0.3, -0.25) is 4.79 Å². The molecule has 0 bridgehead atoms. The van der Waals surface area contributed by atoms with E-state index in [1.165, 1.54) is 36.8 Å². The van der Waals surface area contributed by atoms with Gasteiger partial charge < -0.3 is 14.4 Å². The van der Waals surface area contributed by atoms with Gasteiger partial charge in [-0.2, -0.15) is 4.99 Å². The van der Waals surface area contributed by atoms with Crippen molar-refractivity contribution in [3.05, 3.63) is 57.6 Å². The minimum Gasteiger partial charge on any atom is -0.494 e. The van der Waals surface area contributed by atoms with Crippen molar-refractivity contribution in [2.75, 3.05) is 7.11 Å². The van der Waals surface area contributed by atoms with Crippen LogP contribution in [0.4, 0.5) is 4.39 Å². The second-order valence-corrected chi connectivity index (χ2v) is 7.04. The normalized spacial score (nSPS) is 13.0. The third-order valence-electron chi connectivity index (χ3n) is 3.93. The van der Waals surface area contributed by atoms with Crippen molar-refractivity contribution in [1.29, 1.82) is 0 Å². The number of ether oxygens (including phenoxy) is 1. The fraction of sp³-hybridized carbons (Fsp3) is 0.167. The Morgan fingerprint density at radius 3 is 2.70 bits per heavy atom. The van der Waals surface area contributed by atoms with Crippen LogP contribution in [0.25, 0.3) is 10.2 Å². The van der Waals surface area contributed by atoms with Gasteiger partial charge in [0.05, 0.1) is 17.3 Å². The van der Waals surface area contributed by atoms with E-state index in [9.17, 15) is 19.1 Å². The summed E-state index contributed by atoms with van der Waals surface area (Å²) in [5.74, 6) is -2.36. The lowest BCUT2D eigenvalue weighted by Gasteiger charge is -2.10. The van der Waals surface area contributed by atoms with Crippen molar-refractivity contribution in [3.8, 4) is 5.75 Å². The molecule has 0 aliphatic rings. The van der Waals surface area contributed by atoms with Crippen molar-refractivity contribution < 1.29 is 23.8 Å². The smallest absolute Gasteiger partial charge is 0.326 e. The van der Waals surface area contributed by atoms with E-state index in [4.69, 9.17) is 16.3 Å². The fourth-order valence-electron chi connectivity index (χ4n) is 2.55. The summed E-state index contributed by atoms with van der Waals surface area (Å²) in [6.45, 7) is 1.43. The number of hydrogen-bond acceptors (Lipinski definition) is 4. The number of fused-ring (bicyclic) bond motifs is 1. The van der Waals surface area contributed by atoms with Crippen molar-refractivity contribution >= 4 is 45.0 Å². The van der Waals surface area contributed by atoms with E-state index in [1.807, 2.05) is 0 Å². The molecule has 0 spiro atoms. The van der Waals surface area contributed by atoms with Gasteiger partial charge in [0.1, 0.15) is 6.04 Å².